The van der Waals surface area contributed by atoms with Crippen LogP contribution in [-0.2, 0) is 17.7 Å². The molecule has 168 valence electrons. The van der Waals surface area contributed by atoms with E-state index in [4.69, 9.17) is 23.4 Å². The van der Waals surface area contributed by atoms with Crippen molar-refractivity contribution >= 4 is 22.6 Å². The van der Waals surface area contributed by atoms with Gasteiger partial charge in [0.25, 0.3) is 0 Å². The van der Waals surface area contributed by atoms with Crippen LogP contribution in [-0.4, -0.2) is 34.0 Å². The molecule has 0 saturated heterocycles. The van der Waals surface area contributed by atoms with Crippen LogP contribution in [0.1, 0.15) is 34.0 Å². The fourth-order valence-electron chi connectivity index (χ4n) is 4.13. The number of ether oxygens (including phenoxy) is 4. The number of esters is 1. The molecule has 0 N–H and O–H groups in total. The van der Waals surface area contributed by atoms with Gasteiger partial charge in [0.1, 0.15) is 11.3 Å². The second-order valence-corrected chi connectivity index (χ2v) is 7.50. The van der Waals surface area contributed by atoms with Crippen LogP contribution in [0.15, 0.2) is 33.5 Å². The molecular weight excluding hydrogens is 414 g/mol. The predicted molar refractivity (Wildman–Crippen MR) is 119 cm³/mol. The van der Waals surface area contributed by atoms with Crippen molar-refractivity contribution in [3.8, 4) is 17.2 Å². The summed E-state index contributed by atoms with van der Waals surface area (Å²) in [6.07, 6.45) is 0.701. The summed E-state index contributed by atoms with van der Waals surface area (Å²) in [5.74, 6) is 1.12. The summed E-state index contributed by atoms with van der Waals surface area (Å²) in [5, 5.41) is 0.884. The molecule has 0 fully saturated rings. The summed E-state index contributed by atoms with van der Waals surface area (Å²) in [6.45, 7) is 4.55. The molecule has 0 radical (unpaired) electrons. The van der Waals surface area contributed by atoms with Gasteiger partial charge in [-0.3, -0.25) is 0 Å². The lowest BCUT2D eigenvalue weighted by molar-refractivity contribution is 0.0600. The molecule has 1 aliphatic rings. The molecule has 0 bridgehead atoms. The number of aryl methyl sites for hydroxylation is 2. The quantitative estimate of drug-likeness (QED) is 0.438. The Morgan fingerprint density at radius 2 is 1.81 bits per heavy atom. The van der Waals surface area contributed by atoms with Gasteiger partial charge in [0, 0.05) is 41.3 Å². The SMILES string of the molecule is CCc1cc(=O)oc2c(C)c3c(cc12)CN(c1cc(OC)c(OC)cc1C(=O)OC)CO3. The highest BCUT2D eigenvalue weighted by Gasteiger charge is 2.27. The van der Waals surface area contributed by atoms with E-state index in [1.54, 1.807) is 12.1 Å². The molecule has 3 aromatic rings. The molecule has 0 unspecified atom stereocenters. The van der Waals surface area contributed by atoms with E-state index in [9.17, 15) is 9.59 Å². The topological polar surface area (TPSA) is 87.4 Å². The summed E-state index contributed by atoms with van der Waals surface area (Å²) in [4.78, 5) is 26.4. The molecule has 8 nitrogen and oxygen atoms in total. The molecule has 0 spiro atoms. The first kappa shape index (κ1) is 21.5. The van der Waals surface area contributed by atoms with Gasteiger partial charge < -0.3 is 28.3 Å². The van der Waals surface area contributed by atoms with Gasteiger partial charge in [-0.25, -0.2) is 9.59 Å². The van der Waals surface area contributed by atoms with Crippen LogP contribution in [0.25, 0.3) is 11.0 Å². The third-order valence-corrected chi connectivity index (χ3v) is 5.73. The first-order chi connectivity index (χ1) is 15.4. The number of hydrogen-bond donors (Lipinski definition) is 0. The normalized spacial score (nSPS) is 12.8. The fraction of sp³-hybridized carbons (Fsp3) is 0.333. The van der Waals surface area contributed by atoms with E-state index in [0.717, 1.165) is 22.1 Å². The lowest BCUT2D eigenvalue weighted by Gasteiger charge is -2.33. The molecule has 0 amide bonds. The second kappa shape index (κ2) is 8.45. The highest BCUT2D eigenvalue weighted by molar-refractivity contribution is 5.97. The molecule has 4 rings (SSSR count). The van der Waals surface area contributed by atoms with Crippen molar-refractivity contribution in [2.24, 2.45) is 0 Å². The highest BCUT2D eigenvalue weighted by Crippen LogP contribution is 2.40. The van der Waals surface area contributed by atoms with Gasteiger partial charge in [0.05, 0.1) is 32.6 Å². The van der Waals surface area contributed by atoms with Gasteiger partial charge >= 0.3 is 11.6 Å². The van der Waals surface area contributed by atoms with E-state index in [2.05, 4.69) is 0 Å². The maximum atomic E-state index is 12.5. The Kier molecular flexibility index (Phi) is 5.69. The van der Waals surface area contributed by atoms with Crippen molar-refractivity contribution in [1.29, 1.82) is 0 Å². The molecule has 2 aromatic carbocycles. The summed E-state index contributed by atoms with van der Waals surface area (Å²) in [6, 6.07) is 6.86. The summed E-state index contributed by atoms with van der Waals surface area (Å²) >= 11 is 0. The minimum Gasteiger partial charge on any atom is -0.493 e. The maximum absolute atomic E-state index is 12.5. The van der Waals surface area contributed by atoms with Gasteiger partial charge in [-0.1, -0.05) is 6.92 Å². The van der Waals surface area contributed by atoms with Gasteiger partial charge in [0.2, 0.25) is 0 Å². The maximum Gasteiger partial charge on any atom is 0.340 e. The van der Waals surface area contributed by atoms with Gasteiger partial charge in [-0.05, 0) is 25.0 Å². The molecule has 0 atom stereocenters. The zero-order valence-electron chi connectivity index (χ0n) is 18.7. The largest absolute Gasteiger partial charge is 0.493 e. The van der Waals surface area contributed by atoms with Crippen LogP contribution in [0.3, 0.4) is 0 Å². The molecule has 8 heteroatoms. The third kappa shape index (κ3) is 3.51. The smallest absolute Gasteiger partial charge is 0.340 e. The second-order valence-electron chi connectivity index (χ2n) is 7.50. The van der Waals surface area contributed by atoms with Crippen LogP contribution in [0.2, 0.25) is 0 Å². The first-order valence-corrected chi connectivity index (χ1v) is 10.2. The van der Waals surface area contributed by atoms with E-state index in [1.165, 1.54) is 27.4 Å². The van der Waals surface area contributed by atoms with Crippen molar-refractivity contribution in [2.45, 2.75) is 26.8 Å². The van der Waals surface area contributed by atoms with E-state index >= 15 is 0 Å². The van der Waals surface area contributed by atoms with E-state index in [1.807, 2.05) is 24.8 Å². The minimum atomic E-state index is -0.489. The molecule has 0 saturated carbocycles. The zero-order valence-corrected chi connectivity index (χ0v) is 18.7. The van der Waals surface area contributed by atoms with Gasteiger partial charge in [-0.15, -0.1) is 0 Å². The summed E-state index contributed by atoms with van der Waals surface area (Å²) in [5.41, 5.74) is 3.75. The lowest BCUT2D eigenvalue weighted by Crippen LogP contribution is -2.33. The molecule has 2 heterocycles. The van der Waals surface area contributed by atoms with E-state index < -0.39 is 5.97 Å². The van der Waals surface area contributed by atoms with Crippen LogP contribution in [0.5, 0.6) is 17.2 Å². The Labute approximate surface area is 185 Å². The Morgan fingerprint density at radius 3 is 2.47 bits per heavy atom. The zero-order chi connectivity index (χ0) is 23.0. The number of methoxy groups -OCH3 is 3. The fourth-order valence-corrected chi connectivity index (χ4v) is 4.13. The number of fused-ring (bicyclic) bond motifs is 2. The predicted octanol–water partition coefficient (Wildman–Crippen LogP) is 3.82. The number of carbonyl (C=O) groups is 1. The Morgan fingerprint density at radius 1 is 1.09 bits per heavy atom. The Balaban J connectivity index is 1.84. The van der Waals surface area contributed by atoms with Crippen molar-refractivity contribution in [3.63, 3.8) is 0 Å². The van der Waals surface area contributed by atoms with Crippen molar-refractivity contribution in [1.82, 2.24) is 0 Å². The Hall–Kier alpha value is -3.68. The van der Waals surface area contributed by atoms with Crippen molar-refractivity contribution in [3.05, 3.63) is 56.9 Å². The number of nitrogens with zero attached hydrogens (tertiary/aromatic N) is 1. The van der Waals surface area contributed by atoms with Crippen molar-refractivity contribution < 1.29 is 28.2 Å². The average Bonchev–Trinajstić information content (AvgIpc) is 2.82. The van der Waals surface area contributed by atoms with Crippen LogP contribution in [0, 0.1) is 6.92 Å². The third-order valence-electron chi connectivity index (χ3n) is 5.73. The number of rotatable bonds is 5. The number of carbonyl (C=O) groups excluding carboxylic acids is 1. The van der Waals surface area contributed by atoms with Crippen LogP contribution < -0.4 is 24.7 Å². The van der Waals surface area contributed by atoms with Gasteiger partial charge in [-0.2, -0.15) is 0 Å². The molecule has 32 heavy (non-hydrogen) atoms. The molecule has 0 aliphatic carbocycles. The van der Waals surface area contributed by atoms with Crippen molar-refractivity contribution in [2.75, 3.05) is 33.0 Å². The monoisotopic (exact) mass is 439 g/mol. The molecular formula is C24H25NO7. The summed E-state index contributed by atoms with van der Waals surface area (Å²) in [7, 11) is 4.38. The first-order valence-electron chi connectivity index (χ1n) is 10.2. The number of benzene rings is 2. The molecule has 1 aliphatic heterocycles. The van der Waals surface area contributed by atoms with E-state index in [0.29, 0.717) is 47.0 Å². The minimum absolute atomic E-state index is 0.191. The van der Waals surface area contributed by atoms with E-state index in [-0.39, 0.29) is 12.4 Å². The standard InChI is InChI=1S/C24H25NO7/c1-6-14-8-21(26)32-23-13(2)22-15(7-16(14)23)11-25(12-31-22)18-10-20(29-4)19(28-3)9-17(18)24(27)30-5/h7-10H,6,11-12H2,1-5H3. The van der Waals surface area contributed by atoms with Crippen LogP contribution in [0.4, 0.5) is 5.69 Å². The average molecular weight is 439 g/mol. The molecule has 1 aromatic heterocycles. The highest BCUT2D eigenvalue weighted by atomic mass is 16.5. The lowest BCUT2D eigenvalue weighted by atomic mass is 9.99. The number of hydrogen-bond acceptors (Lipinski definition) is 8. The van der Waals surface area contributed by atoms with Crippen LogP contribution >= 0.6 is 0 Å². The van der Waals surface area contributed by atoms with Gasteiger partial charge in [0.15, 0.2) is 18.2 Å². The number of anilines is 1. The Bertz CT molecular complexity index is 1260. The summed E-state index contributed by atoms with van der Waals surface area (Å²) < 4.78 is 27.3.